The van der Waals surface area contributed by atoms with Crippen molar-refractivity contribution < 1.29 is 4.74 Å². The van der Waals surface area contributed by atoms with E-state index >= 15 is 0 Å². The molecule has 0 aliphatic carbocycles. The summed E-state index contributed by atoms with van der Waals surface area (Å²) >= 11 is 2.25. The Morgan fingerprint density at radius 3 is 2.53 bits per heavy atom. The fourth-order valence-corrected chi connectivity index (χ4v) is 2.17. The van der Waals surface area contributed by atoms with E-state index in [0.717, 1.165) is 39.4 Å². The summed E-state index contributed by atoms with van der Waals surface area (Å²) in [6, 6.07) is 13.9. The maximum absolute atomic E-state index is 5.97. The molecule has 0 saturated carbocycles. The summed E-state index contributed by atoms with van der Waals surface area (Å²) in [4.78, 5) is 0. The normalized spacial score (nSPS) is 10.2. The molecule has 0 aliphatic heterocycles. The molecule has 0 aromatic heterocycles. The van der Waals surface area contributed by atoms with Crippen LogP contribution in [-0.4, -0.2) is 6.61 Å². The summed E-state index contributed by atoms with van der Waals surface area (Å²) < 4.78 is 6.68. The number of ether oxygens (including phenoxy) is 1. The van der Waals surface area contributed by atoms with Gasteiger partial charge in [-0.2, -0.15) is 0 Å². The van der Waals surface area contributed by atoms with E-state index < -0.39 is 0 Å². The van der Waals surface area contributed by atoms with Crippen molar-refractivity contribution in [2.24, 2.45) is 0 Å². The minimum Gasteiger partial charge on any atom is -0.494 e. The van der Waals surface area contributed by atoms with E-state index in [1.807, 2.05) is 42.5 Å². The van der Waals surface area contributed by atoms with Crippen LogP contribution in [-0.2, 0) is 0 Å². The largest absolute Gasteiger partial charge is 0.494 e. The topological polar surface area (TPSA) is 47.3 Å². The van der Waals surface area contributed by atoms with Crippen molar-refractivity contribution in [2.75, 3.05) is 17.7 Å². The van der Waals surface area contributed by atoms with Crippen molar-refractivity contribution >= 4 is 39.7 Å². The molecule has 100 valence electrons. The first-order valence-electron chi connectivity index (χ1n) is 6.24. The second kappa shape index (κ2) is 6.65. The zero-order valence-corrected chi connectivity index (χ0v) is 13.0. The number of hydrogen-bond donors (Lipinski definition) is 2. The zero-order valence-electron chi connectivity index (χ0n) is 10.8. The predicted octanol–water partition coefficient (Wildman–Crippen LogP) is 4.41. The molecule has 2 aromatic rings. The molecule has 0 heterocycles. The van der Waals surface area contributed by atoms with Crippen molar-refractivity contribution in [1.29, 1.82) is 0 Å². The lowest BCUT2D eigenvalue weighted by Crippen LogP contribution is -1.97. The summed E-state index contributed by atoms with van der Waals surface area (Å²) in [5.41, 5.74) is 8.64. The predicted molar refractivity (Wildman–Crippen MR) is 89.1 cm³/mol. The summed E-state index contributed by atoms with van der Waals surface area (Å²) in [5, 5.41) is 3.30. The van der Waals surface area contributed by atoms with Gasteiger partial charge in [-0.3, -0.25) is 0 Å². The number of benzene rings is 2. The molecule has 0 saturated heterocycles. The number of hydrogen-bond acceptors (Lipinski definition) is 3. The Kier molecular flexibility index (Phi) is 4.90. The summed E-state index contributed by atoms with van der Waals surface area (Å²) in [6.07, 6.45) is 1.01. The molecular weight excluding hydrogens is 351 g/mol. The number of nitrogens with two attached hydrogens (primary N) is 1. The molecule has 0 bridgehead atoms. The molecule has 2 rings (SSSR count). The molecule has 3 nitrogen and oxygen atoms in total. The van der Waals surface area contributed by atoms with Gasteiger partial charge in [0.25, 0.3) is 0 Å². The van der Waals surface area contributed by atoms with E-state index in [9.17, 15) is 0 Å². The Hall–Kier alpha value is -1.43. The van der Waals surface area contributed by atoms with Gasteiger partial charge in [0, 0.05) is 9.26 Å². The van der Waals surface area contributed by atoms with Crippen molar-refractivity contribution in [3.63, 3.8) is 0 Å². The summed E-state index contributed by atoms with van der Waals surface area (Å²) in [7, 11) is 0. The molecule has 2 aromatic carbocycles. The molecule has 0 amide bonds. The highest BCUT2D eigenvalue weighted by Gasteiger charge is 2.01. The van der Waals surface area contributed by atoms with E-state index in [1.54, 1.807) is 0 Å². The van der Waals surface area contributed by atoms with Crippen LogP contribution in [0.15, 0.2) is 42.5 Å². The Morgan fingerprint density at radius 2 is 1.89 bits per heavy atom. The van der Waals surface area contributed by atoms with E-state index in [0.29, 0.717) is 0 Å². The van der Waals surface area contributed by atoms with Crippen molar-refractivity contribution in [3.8, 4) is 5.75 Å². The van der Waals surface area contributed by atoms with Crippen LogP contribution < -0.4 is 15.8 Å². The van der Waals surface area contributed by atoms with Crippen LogP contribution in [0.5, 0.6) is 5.75 Å². The highest BCUT2D eigenvalue weighted by Crippen LogP contribution is 2.26. The number of nitrogen functional groups attached to an aromatic ring is 1. The third-order valence-electron chi connectivity index (χ3n) is 2.62. The van der Waals surface area contributed by atoms with Gasteiger partial charge in [-0.05, 0) is 71.5 Å². The first-order valence-corrected chi connectivity index (χ1v) is 7.32. The van der Waals surface area contributed by atoms with Gasteiger partial charge in [0.2, 0.25) is 0 Å². The van der Waals surface area contributed by atoms with E-state index in [4.69, 9.17) is 10.5 Å². The molecule has 0 aliphatic rings. The first-order chi connectivity index (χ1) is 9.19. The number of halogens is 1. The molecule has 3 N–H and O–H groups in total. The van der Waals surface area contributed by atoms with Crippen LogP contribution in [0.4, 0.5) is 17.1 Å². The molecule has 19 heavy (non-hydrogen) atoms. The smallest absolute Gasteiger partial charge is 0.119 e. The summed E-state index contributed by atoms with van der Waals surface area (Å²) in [6.45, 7) is 2.84. The van der Waals surface area contributed by atoms with Gasteiger partial charge < -0.3 is 15.8 Å². The van der Waals surface area contributed by atoms with Crippen LogP contribution in [0.3, 0.4) is 0 Å². The van der Waals surface area contributed by atoms with Crippen LogP contribution in [0.1, 0.15) is 13.3 Å². The molecule has 0 radical (unpaired) electrons. The third kappa shape index (κ3) is 4.02. The minimum atomic E-state index is 0.747. The number of nitrogens with one attached hydrogen (secondary N) is 1. The summed E-state index contributed by atoms with van der Waals surface area (Å²) in [5.74, 6) is 0.892. The van der Waals surface area contributed by atoms with Gasteiger partial charge in [0.05, 0.1) is 18.0 Å². The molecule has 0 fully saturated rings. The zero-order chi connectivity index (χ0) is 13.7. The molecular formula is C15H17IN2O. The lowest BCUT2D eigenvalue weighted by molar-refractivity contribution is 0.317. The van der Waals surface area contributed by atoms with Crippen molar-refractivity contribution in [3.05, 3.63) is 46.0 Å². The molecule has 0 atom stereocenters. The quantitative estimate of drug-likeness (QED) is 0.607. The maximum Gasteiger partial charge on any atom is 0.119 e. The van der Waals surface area contributed by atoms with Gasteiger partial charge in [-0.15, -0.1) is 0 Å². The van der Waals surface area contributed by atoms with Crippen LogP contribution in [0, 0.1) is 3.57 Å². The van der Waals surface area contributed by atoms with E-state index in [2.05, 4.69) is 34.8 Å². The SMILES string of the molecule is CCCOc1ccc(Nc2ccc(I)cc2N)cc1. The monoisotopic (exact) mass is 368 g/mol. The Balaban J connectivity index is 2.06. The minimum absolute atomic E-state index is 0.747. The standard InChI is InChI=1S/C15H17IN2O/c1-2-9-19-13-6-4-12(5-7-13)18-15-8-3-11(16)10-14(15)17/h3-8,10,18H,2,9,17H2,1H3. The maximum atomic E-state index is 5.97. The van der Waals surface area contributed by atoms with Gasteiger partial charge >= 0.3 is 0 Å². The van der Waals surface area contributed by atoms with Crippen LogP contribution in [0.2, 0.25) is 0 Å². The second-order valence-electron chi connectivity index (χ2n) is 4.23. The average Bonchev–Trinajstić information content (AvgIpc) is 2.41. The fraction of sp³-hybridized carbons (Fsp3) is 0.200. The van der Waals surface area contributed by atoms with Crippen molar-refractivity contribution in [1.82, 2.24) is 0 Å². The van der Waals surface area contributed by atoms with Gasteiger partial charge in [0.15, 0.2) is 0 Å². The van der Waals surface area contributed by atoms with Crippen molar-refractivity contribution in [2.45, 2.75) is 13.3 Å². The fourth-order valence-electron chi connectivity index (χ4n) is 1.66. The Bertz CT molecular complexity index is 540. The van der Waals surface area contributed by atoms with E-state index in [1.165, 1.54) is 0 Å². The molecule has 0 unspecified atom stereocenters. The van der Waals surface area contributed by atoms with Gasteiger partial charge in [-0.1, -0.05) is 6.92 Å². The number of anilines is 3. The average molecular weight is 368 g/mol. The molecule has 0 spiro atoms. The molecule has 4 heteroatoms. The van der Waals surface area contributed by atoms with Crippen LogP contribution in [0.25, 0.3) is 0 Å². The highest BCUT2D eigenvalue weighted by atomic mass is 127. The van der Waals surface area contributed by atoms with E-state index in [-0.39, 0.29) is 0 Å². The first kappa shape index (κ1) is 14.0. The third-order valence-corrected chi connectivity index (χ3v) is 3.29. The van der Waals surface area contributed by atoms with Gasteiger partial charge in [0.1, 0.15) is 5.75 Å². The number of rotatable bonds is 5. The Labute approximate surface area is 127 Å². The Morgan fingerprint density at radius 1 is 1.16 bits per heavy atom. The second-order valence-corrected chi connectivity index (χ2v) is 5.48. The van der Waals surface area contributed by atoms with Gasteiger partial charge in [-0.25, -0.2) is 0 Å². The van der Waals surface area contributed by atoms with Crippen LogP contribution >= 0.6 is 22.6 Å². The lowest BCUT2D eigenvalue weighted by Gasteiger charge is -2.10. The highest BCUT2D eigenvalue weighted by molar-refractivity contribution is 14.1. The lowest BCUT2D eigenvalue weighted by atomic mass is 10.2.